The van der Waals surface area contributed by atoms with Gasteiger partial charge in [0.1, 0.15) is 6.61 Å². The first-order valence-corrected chi connectivity index (χ1v) is 7.85. The van der Waals surface area contributed by atoms with E-state index in [1.54, 1.807) is 6.92 Å². The number of carbonyl (C=O) groups excluding carboxylic acids is 3. The quantitative estimate of drug-likeness (QED) is 0.550. The van der Waals surface area contributed by atoms with Crippen LogP contribution in [0, 0.1) is 0 Å². The number of carbonyl (C=O) groups is 3. The first-order valence-electron chi connectivity index (χ1n) is 6.86. The van der Waals surface area contributed by atoms with E-state index in [0.29, 0.717) is 5.03 Å². The van der Waals surface area contributed by atoms with E-state index in [4.69, 9.17) is 9.47 Å². The predicted molar refractivity (Wildman–Crippen MR) is 81.2 cm³/mol. The van der Waals surface area contributed by atoms with Crippen LogP contribution in [0.4, 0.5) is 0 Å². The minimum Gasteiger partial charge on any atom is -0.463 e. The Labute approximate surface area is 136 Å². The van der Waals surface area contributed by atoms with E-state index in [0.717, 1.165) is 0 Å². The van der Waals surface area contributed by atoms with Crippen molar-refractivity contribution in [3.8, 4) is 0 Å². The van der Waals surface area contributed by atoms with Gasteiger partial charge in [-0.25, -0.2) is 14.6 Å². The molecule has 23 heavy (non-hydrogen) atoms. The highest BCUT2D eigenvalue weighted by Gasteiger charge is 2.27. The first kappa shape index (κ1) is 16.9. The van der Waals surface area contributed by atoms with Crippen molar-refractivity contribution in [2.75, 3.05) is 25.5 Å². The second kappa shape index (κ2) is 8.28. The van der Waals surface area contributed by atoms with E-state index in [9.17, 15) is 14.4 Å². The molecule has 1 fully saturated rings. The van der Waals surface area contributed by atoms with Crippen molar-refractivity contribution in [3.63, 3.8) is 0 Å². The number of hydrogen-bond donors (Lipinski definition) is 0. The molecule has 2 heterocycles. The zero-order valence-corrected chi connectivity index (χ0v) is 13.2. The lowest BCUT2D eigenvalue weighted by Gasteiger charge is -2.16. The Balaban J connectivity index is 1.89. The highest BCUT2D eigenvalue weighted by atomic mass is 32.2. The van der Waals surface area contributed by atoms with Gasteiger partial charge in [-0.2, -0.15) is 0 Å². The summed E-state index contributed by atoms with van der Waals surface area (Å²) in [4.78, 5) is 44.0. The predicted octanol–water partition coefficient (Wildman–Crippen LogP) is 0.613. The molecule has 0 saturated carbocycles. The number of aromatic nitrogens is 2. The van der Waals surface area contributed by atoms with Gasteiger partial charge in [-0.1, -0.05) is 11.8 Å². The molecule has 0 aliphatic carbocycles. The van der Waals surface area contributed by atoms with Crippen molar-refractivity contribution in [3.05, 3.63) is 35.4 Å². The molecule has 1 aromatic heterocycles. The van der Waals surface area contributed by atoms with Crippen LogP contribution in [-0.2, 0) is 19.1 Å². The summed E-state index contributed by atoms with van der Waals surface area (Å²) in [7, 11) is 0. The van der Waals surface area contributed by atoms with Gasteiger partial charge in [0, 0.05) is 12.4 Å². The van der Waals surface area contributed by atoms with Gasteiger partial charge in [-0.15, -0.1) is 0 Å². The lowest BCUT2D eigenvalue weighted by molar-refractivity contribution is -0.137. The number of rotatable bonds is 6. The maximum Gasteiger partial charge on any atom is 0.358 e. The fourth-order valence-corrected chi connectivity index (χ4v) is 2.72. The van der Waals surface area contributed by atoms with Crippen LogP contribution in [-0.4, -0.2) is 58.2 Å². The molecule has 122 valence electrons. The van der Waals surface area contributed by atoms with Crippen LogP contribution in [0.15, 0.2) is 29.7 Å². The Kier molecular flexibility index (Phi) is 6.10. The molecule has 0 radical (unpaired) electrons. The van der Waals surface area contributed by atoms with Gasteiger partial charge < -0.3 is 14.4 Å². The standard InChI is InChI=1S/C14H15N3O5S/c1-2-21-13(19)7-12-17(11(18)9-23-12)5-6-22-14(20)10-8-15-3-4-16-10/h3-4,7-8H,2,5-6,9H2,1H3/b12-7-. The summed E-state index contributed by atoms with van der Waals surface area (Å²) in [5.74, 6) is -1.04. The molecule has 9 heteroatoms. The fraction of sp³-hybridized carbons (Fsp3) is 0.357. The lowest BCUT2D eigenvalue weighted by Crippen LogP contribution is -2.29. The number of esters is 2. The van der Waals surface area contributed by atoms with Crippen LogP contribution < -0.4 is 0 Å². The highest BCUT2D eigenvalue weighted by molar-refractivity contribution is 8.04. The average Bonchev–Trinajstić information content (AvgIpc) is 2.89. The molecule has 0 aromatic carbocycles. The molecule has 1 aromatic rings. The largest absolute Gasteiger partial charge is 0.463 e. The summed E-state index contributed by atoms with van der Waals surface area (Å²) in [6.45, 7) is 2.11. The summed E-state index contributed by atoms with van der Waals surface area (Å²) < 4.78 is 9.87. The molecule has 8 nitrogen and oxygen atoms in total. The first-order chi connectivity index (χ1) is 11.1. The summed E-state index contributed by atoms with van der Waals surface area (Å²) in [6.07, 6.45) is 5.40. The number of nitrogens with zero attached hydrogens (tertiary/aromatic N) is 3. The van der Waals surface area contributed by atoms with Crippen LogP contribution in [0.3, 0.4) is 0 Å². The topological polar surface area (TPSA) is 98.7 Å². The van der Waals surface area contributed by atoms with Gasteiger partial charge in [0.2, 0.25) is 5.91 Å². The number of amides is 1. The summed E-state index contributed by atoms with van der Waals surface area (Å²) in [6, 6.07) is 0. The Hall–Kier alpha value is -2.42. The Bertz CT molecular complexity index is 620. The third-order valence-electron chi connectivity index (χ3n) is 2.76. The highest BCUT2D eigenvalue weighted by Crippen LogP contribution is 2.28. The second-order valence-electron chi connectivity index (χ2n) is 4.30. The maximum absolute atomic E-state index is 11.8. The molecule has 0 N–H and O–H groups in total. The van der Waals surface area contributed by atoms with Crippen molar-refractivity contribution >= 4 is 29.6 Å². The van der Waals surface area contributed by atoms with E-state index in [1.807, 2.05) is 0 Å². The minimum atomic E-state index is -0.617. The molecule has 0 bridgehead atoms. The normalized spacial score (nSPS) is 15.8. The van der Waals surface area contributed by atoms with Gasteiger partial charge >= 0.3 is 11.9 Å². The SMILES string of the molecule is CCOC(=O)/C=C1\SCC(=O)N1CCOC(=O)c1cnccn1. The van der Waals surface area contributed by atoms with Crippen LogP contribution >= 0.6 is 11.8 Å². The molecular weight excluding hydrogens is 322 g/mol. The molecule has 1 aliphatic rings. The van der Waals surface area contributed by atoms with Crippen molar-refractivity contribution in [2.45, 2.75) is 6.92 Å². The Morgan fingerprint density at radius 2 is 2.22 bits per heavy atom. The Morgan fingerprint density at radius 3 is 2.91 bits per heavy atom. The lowest BCUT2D eigenvalue weighted by atomic mass is 10.4. The van der Waals surface area contributed by atoms with Crippen LogP contribution in [0.2, 0.25) is 0 Å². The third kappa shape index (κ3) is 4.78. The molecule has 0 atom stereocenters. The average molecular weight is 337 g/mol. The van der Waals surface area contributed by atoms with E-state index < -0.39 is 11.9 Å². The maximum atomic E-state index is 11.8. The second-order valence-corrected chi connectivity index (χ2v) is 5.29. The zero-order chi connectivity index (χ0) is 16.7. The molecule has 1 aliphatic heterocycles. The van der Waals surface area contributed by atoms with Crippen molar-refractivity contribution in [1.29, 1.82) is 0 Å². The van der Waals surface area contributed by atoms with Crippen molar-refractivity contribution in [2.24, 2.45) is 0 Å². The number of ether oxygens (including phenoxy) is 2. The van der Waals surface area contributed by atoms with Gasteiger partial charge in [-0.05, 0) is 6.92 Å². The smallest absolute Gasteiger partial charge is 0.358 e. The van der Waals surface area contributed by atoms with E-state index in [2.05, 4.69) is 9.97 Å². The van der Waals surface area contributed by atoms with Gasteiger partial charge in [0.15, 0.2) is 5.69 Å². The van der Waals surface area contributed by atoms with E-state index in [1.165, 1.54) is 41.3 Å². The molecule has 2 rings (SSSR count). The fourth-order valence-electron chi connectivity index (χ4n) is 1.76. The third-order valence-corrected chi connectivity index (χ3v) is 3.78. The number of thioether (sulfide) groups is 1. The van der Waals surface area contributed by atoms with E-state index in [-0.39, 0.29) is 37.1 Å². The van der Waals surface area contributed by atoms with Crippen LogP contribution in [0.5, 0.6) is 0 Å². The van der Waals surface area contributed by atoms with Gasteiger partial charge in [0.05, 0.1) is 36.2 Å². The van der Waals surface area contributed by atoms with E-state index >= 15 is 0 Å². The summed E-state index contributed by atoms with van der Waals surface area (Å²) in [5, 5.41) is 0.490. The monoisotopic (exact) mass is 337 g/mol. The van der Waals surface area contributed by atoms with Crippen LogP contribution in [0.25, 0.3) is 0 Å². The van der Waals surface area contributed by atoms with Crippen molar-refractivity contribution < 1.29 is 23.9 Å². The molecule has 1 saturated heterocycles. The molecular formula is C14H15N3O5S. The van der Waals surface area contributed by atoms with Gasteiger partial charge in [0.25, 0.3) is 0 Å². The van der Waals surface area contributed by atoms with Gasteiger partial charge in [-0.3, -0.25) is 9.78 Å². The van der Waals surface area contributed by atoms with Crippen molar-refractivity contribution in [1.82, 2.24) is 14.9 Å². The minimum absolute atomic E-state index is 0.0120. The molecule has 1 amide bonds. The molecule has 0 unspecified atom stereocenters. The van der Waals surface area contributed by atoms with Crippen LogP contribution in [0.1, 0.15) is 17.4 Å². The summed E-state index contributed by atoms with van der Waals surface area (Å²) in [5.41, 5.74) is 0.0944. The molecule has 0 spiro atoms. The zero-order valence-electron chi connectivity index (χ0n) is 12.4. The number of hydrogen-bond acceptors (Lipinski definition) is 8. The summed E-state index contributed by atoms with van der Waals surface area (Å²) >= 11 is 1.24. The Morgan fingerprint density at radius 1 is 1.39 bits per heavy atom.